The van der Waals surface area contributed by atoms with Crippen molar-refractivity contribution in [2.75, 3.05) is 31.5 Å². The van der Waals surface area contributed by atoms with E-state index in [4.69, 9.17) is 4.98 Å². The number of aromatic nitrogens is 3. The SMILES string of the molecule is Cc1ccn(-c2cccc(C(CC(=O)O)NC(=O)C3CCCN(CCCc4ccc5c(n4)NCCC5)C3)c2)n1. The zero-order valence-corrected chi connectivity index (χ0v) is 22.6. The number of anilines is 1. The summed E-state index contributed by atoms with van der Waals surface area (Å²) in [4.78, 5) is 32.2. The number of pyridine rings is 1. The van der Waals surface area contributed by atoms with Crippen LogP contribution in [0.4, 0.5) is 5.82 Å². The van der Waals surface area contributed by atoms with E-state index in [1.807, 2.05) is 43.5 Å². The molecule has 2 atom stereocenters. The van der Waals surface area contributed by atoms with Crippen LogP contribution in [0.25, 0.3) is 5.69 Å². The smallest absolute Gasteiger partial charge is 0.305 e. The van der Waals surface area contributed by atoms with Crippen LogP contribution in [0.15, 0.2) is 48.7 Å². The highest BCUT2D eigenvalue weighted by atomic mass is 16.4. The molecule has 0 bridgehead atoms. The minimum absolute atomic E-state index is 0.0753. The lowest BCUT2D eigenvalue weighted by atomic mass is 9.95. The van der Waals surface area contributed by atoms with Gasteiger partial charge in [-0.2, -0.15) is 5.10 Å². The predicted octanol–water partition coefficient (Wildman–Crippen LogP) is 3.91. The van der Waals surface area contributed by atoms with Gasteiger partial charge in [-0.1, -0.05) is 18.2 Å². The number of piperidine rings is 1. The van der Waals surface area contributed by atoms with Crippen molar-refractivity contribution in [3.63, 3.8) is 0 Å². The predicted molar refractivity (Wildman–Crippen MR) is 150 cm³/mol. The first-order valence-electron chi connectivity index (χ1n) is 14.0. The summed E-state index contributed by atoms with van der Waals surface area (Å²) in [5.41, 5.74) is 4.90. The van der Waals surface area contributed by atoms with Crippen LogP contribution in [-0.2, 0) is 22.4 Å². The number of rotatable bonds is 10. The molecule has 1 fully saturated rings. The van der Waals surface area contributed by atoms with E-state index in [1.54, 1.807) is 4.68 Å². The van der Waals surface area contributed by atoms with Crippen LogP contribution in [0.5, 0.6) is 0 Å². The van der Waals surface area contributed by atoms with E-state index in [0.717, 1.165) is 86.6 Å². The molecule has 3 N–H and O–H groups in total. The van der Waals surface area contributed by atoms with Crippen molar-refractivity contribution in [2.45, 2.75) is 57.9 Å². The molecule has 1 amide bonds. The second-order valence-electron chi connectivity index (χ2n) is 10.7. The van der Waals surface area contributed by atoms with E-state index < -0.39 is 12.0 Å². The molecule has 9 nitrogen and oxygen atoms in total. The third kappa shape index (κ3) is 7.03. The van der Waals surface area contributed by atoms with Gasteiger partial charge in [-0.25, -0.2) is 9.67 Å². The average Bonchev–Trinajstić information content (AvgIpc) is 3.39. The van der Waals surface area contributed by atoms with E-state index in [1.165, 1.54) is 5.56 Å². The van der Waals surface area contributed by atoms with E-state index in [2.05, 4.69) is 32.8 Å². The maximum atomic E-state index is 13.3. The summed E-state index contributed by atoms with van der Waals surface area (Å²) in [5.74, 6) is -0.140. The molecular formula is C30H38N6O3. The molecule has 1 saturated heterocycles. The number of hydrogen-bond donors (Lipinski definition) is 3. The van der Waals surface area contributed by atoms with Crippen LogP contribution in [0.3, 0.4) is 0 Å². The Balaban J connectivity index is 1.17. The lowest BCUT2D eigenvalue weighted by molar-refractivity contribution is -0.138. The summed E-state index contributed by atoms with van der Waals surface area (Å²) in [5, 5.41) is 20.5. The van der Waals surface area contributed by atoms with E-state index in [0.29, 0.717) is 6.54 Å². The van der Waals surface area contributed by atoms with Crippen molar-refractivity contribution in [2.24, 2.45) is 5.92 Å². The minimum Gasteiger partial charge on any atom is -0.481 e. The fourth-order valence-corrected chi connectivity index (χ4v) is 5.62. The van der Waals surface area contributed by atoms with Gasteiger partial charge in [0.25, 0.3) is 0 Å². The van der Waals surface area contributed by atoms with E-state index >= 15 is 0 Å². The summed E-state index contributed by atoms with van der Waals surface area (Å²) in [6.45, 7) is 5.50. The van der Waals surface area contributed by atoms with Crippen molar-refractivity contribution in [1.29, 1.82) is 0 Å². The van der Waals surface area contributed by atoms with Crippen molar-refractivity contribution >= 4 is 17.7 Å². The summed E-state index contributed by atoms with van der Waals surface area (Å²) in [6.07, 6.45) is 7.61. The third-order valence-electron chi connectivity index (χ3n) is 7.69. The number of fused-ring (bicyclic) bond motifs is 1. The number of nitrogens with zero attached hydrogens (tertiary/aromatic N) is 4. The van der Waals surface area contributed by atoms with Gasteiger partial charge in [-0.05, 0) is 93.9 Å². The van der Waals surface area contributed by atoms with Gasteiger partial charge in [-0.15, -0.1) is 0 Å². The third-order valence-corrected chi connectivity index (χ3v) is 7.69. The molecule has 2 aromatic heterocycles. The molecule has 0 saturated carbocycles. The molecule has 0 spiro atoms. The first-order chi connectivity index (χ1) is 18.9. The van der Waals surface area contributed by atoms with Gasteiger partial charge in [0.1, 0.15) is 5.82 Å². The number of likely N-dealkylation sites (tertiary alicyclic amines) is 1. The molecule has 2 aliphatic rings. The Kier molecular flexibility index (Phi) is 8.56. The van der Waals surface area contributed by atoms with Gasteiger partial charge in [0, 0.05) is 25.0 Å². The van der Waals surface area contributed by atoms with Gasteiger partial charge >= 0.3 is 5.97 Å². The standard InChI is InChI=1S/C30H38N6O3/c1-21-13-17-36(34-21)26-10-2-6-23(18-26)27(19-28(37)38)33-30(39)24-8-4-15-35(20-24)16-5-9-25-12-11-22-7-3-14-31-29(22)32-25/h2,6,10-13,17-18,24,27H,3-5,7-9,14-16,19-20H2,1H3,(H,31,32)(H,33,39)(H,37,38). The second kappa shape index (κ2) is 12.4. The van der Waals surface area contributed by atoms with Crippen LogP contribution in [-0.4, -0.2) is 62.8 Å². The van der Waals surface area contributed by atoms with Gasteiger partial charge in [0.05, 0.1) is 29.8 Å². The first kappa shape index (κ1) is 26.9. The van der Waals surface area contributed by atoms with Gasteiger partial charge in [-0.3, -0.25) is 9.59 Å². The lowest BCUT2D eigenvalue weighted by Gasteiger charge is -2.33. The Labute approximate surface area is 229 Å². The number of carbonyl (C=O) groups is 2. The van der Waals surface area contributed by atoms with Gasteiger partial charge < -0.3 is 20.6 Å². The molecule has 39 heavy (non-hydrogen) atoms. The molecule has 2 aliphatic heterocycles. The quantitative estimate of drug-likeness (QED) is 0.364. The van der Waals surface area contributed by atoms with Crippen molar-refractivity contribution in [1.82, 2.24) is 25.0 Å². The Morgan fingerprint density at radius 3 is 2.92 bits per heavy atom. The monoisotopic (exact) mass is 530 g/mol. The topological polar surface area (TPSA) is 112 Å². The molecule has 1 aromatic carbocycles. The Morgan fingerprint density at radius 1 is 1.21 bits per heavy atom. The average molecular weight is 531 g/mol. The highest BCUT2D eigenvalue weighted by Gasteiger charge is 2.28. The number of nitrogens with one attached hydrogen (secondary N) is 2. The molecular weight excluding hydrogens is 492 g/mol. The normalized spacial score (nSPS) is 18.1. The zero-order valence-electron chi connectivity index (χ0n) is 22.6. The molecule has 4 heterocycles. The zero-order chi connectivity index (χ0) is 27.2. The number of hydrogen-bond acceptors (Lipinski definition) is 6. The highest BCUT2D eigenvalue weighted by molar-refractivity contribution is 5.80. The summed E-state index contributed by atoms with van der Waals surface area (Å²) in [6, 6.07) is 13.2. The lowest BCUT2D eigenvalue weighted by Crippen LogP contribution is -2.44. The minimum atomic E-state index is -0.947. The first-order valence-corrected chi connectivity index (χ1v) is 14.0. The number of carboxylic acids is 1. The number of amides is 1. The molecule has 2 unspecified atom stereocenters. The molecule has 206 valence electrons. The Hall–Kier alpha value is -3.72. The summed E-state index contributed by atoms with van der Waals surface area (Å²) >= 11 is 0. The largest absolute Gasteiger partial charge is 0.481 e. The van der Waals surface area contributed by atoms with Crippen LogP contribution in [0, 0.1) is 12.8 Å². The van der Waals surface area contributed by atoms with Crippen LogP contribution >= 0.6 is 0 Å². The molecule has 9 heteroatoms. The van der Waals surface area contributed by atoms with Crippen molar-refractivity contribution in [3.05, 3.63) is 71.2 Å². The maximum absolute atomic E-state index is 13.3. The Bertz CT molecular complexity index is 1310. The van der Waals surface area contributed by atoms with E-state index in [-0.39, 0.29) is 18.2 Å². The molecule has 5 rings (SSSR count). The number of carbonyl (C=O) groups excluding carboxylic acids is 1. The van der Waals surface area contributed by atoms with Crippen molar-refractivity contribution in [3.8, 4) is 5.69 Å². The van der Waals surface area contributed by atoms with Gasteiger partial charge in [0.2, 0.25) is 5.91 Å². The van der Waals surface area contributed by atoms with Gasteiger partial charge in [0.15, 0.2) is 0 Å². The van der Waals surface area contributed by atoms with Crippen LogP contribution in [0.2, 0.25) is 0 Å². The molecule has 0 aliphatic carbocycles. The fraction of sp³-hybridized carbons (Fsp3) is 0.467. The number of benzene rings is 1. The second-order valence-corrected chi connectivity index (χ2v) is 10.7. The van der Waals surface area contributed by atoms with Crippen molar-refractivity contribution < 1.29 is 14.7 Å². The Morgan fingerprint density at radius 2 is 2.10 bits per heavy atom. The molecule has 3 aromatic rings. The summed E-state index contributed by atoms with van der Waals surface area (Å²) in [7, 11) is 0. The fourth-order valence-electron chi connectivity index (χ4n) is 5.62. The number of aryl methyl sites for hydroxylation is 3. The number of aliphatic carboxylic acids is 1. The highest BCUT2D eigenvalue weighted by Crippen LogP contribution is 2.24. The van der Waals surface area contributed by atoms with Crippen LogP contribution in [0.1, 0.15) is 60.7 Å². The van der Waals surface area contributed by atoms with E-state index in [9.17, 15) is 14.7 Å². The summed E-state index contributed by atoms with van der Waals surface area (Å²) < 4.78 is 1.76. The maximum Gasteiger partial charge on any atom is 0.305 e. The molecule has 0 radical (unpaired) electrons. The van der Waals surface area contributed by atoms with Crippen LogP contribution < -0.4 is 10.6 Å². The number of carboxylic acid groups (broad SMARTS) is 1.